The first-order chi connectivity index (χ1) is 15.9. The number of hydrogen-bond donors (Lipinski definition) is 1. The summed E-state index contributed by atoms with van der Waals surface area (Å²) < 4.78 is 33.0. The molecule has 2 aromatic carbocycles. The van der Waals surface area contributed by atoms with Gasteiger partial charge in [0.15, 0.2) is 0 Å². The van der Waals surface area contributed by atoms with Crippen molar-refractivity contribution in [2.75, 3.05) is 16.2 Å². The van der Waals surface area contributed by atoms with E-state index in [1.807, 2.05) is 31.2 Å². The van der Waals surface area contributed by atoms with Crippen molar-refractivity contribution in [3.05, 3.63) is 77.5 Å². The van der Waals surface area contributed by atoms with Gasteiger partial charge in [-0.05, 0) is 54.8 Å². The Bertz CT molecular complexity index is 1380. The highest BCUT2D eigenvalue weighted by atomic mass is 32.2. The van der Waals surface area contributed by atoms with Crippen LogP contribution in [0.2, 0.25) is 0 Å². The number of nitrogens with zero attached hydrogens (tertiary/aromatic N) is 3. The van der Waals surface area contributed by atoms with Crippen molar-refractivity contribution in [1.82, 2.24) is 10.1 Å². The van der Waals surface area contributed by atoms with Crippen LogP contribution in [-0.2, 0) is 14.8 Å². The minimum absolute atomic E-state index is 0.0194. The molecule has 10 heteroatoms. The van der Waals surface area contributed by atoms with Gasteiger partial charge in [0.2, 0.25) is 17.6 Å². The fraction of sp³-hybridized carbons (Fsp3) is 0.174. The molecule has 1 aliphatic rings. The zero-order valence-corrected chi connectivity index (χ0v) is 19.3. The number of rotatable bonds is 6. The zero-order valence-electron chi connectivity index (χ0n) is 17.6. The lowest BCUT2D eigenvalue weighted by Crippen LogP contribution is -2.24. The van der Waals surface area contributed by atoms with Crippen molar-refractivity contribution in [1.29, 1.82) is 0 Å². The molecule has 1 saturated heterocycles. The number of aromatic nitrogens is 2. The van der Waals surface area contributed by atoms with E-state index in [1.54, 1.807) is 46.7 Å². The second-order valence-electron chi connectivity index (χ2n) is 7.81. The predicted octanol–water partition coefficient (Wildman–Crippen LogP) is 4.43. The first-order valence-corrected chi connectivity index (χ1v) is 12.6. The van der Waals surface area contributed by atoms with Crippen molar-refractivity contribution in [2.45, 2.75) is 23.5 Å². The molecule has 8 nitrogen and oxygen atoms in total. The highest BCUT2D eigenvalue weighted by Gasteiger charge is 2.35. The Morgan fingerprint density at radius 3 is 2.55 bits per heavy atom. The summed E-state index contributed by atoms with van der Waals surface area (Å²) in [5.74, 6) is 0.636. The molecule has 0 radical (unpaired) electrons. The summed E-state index contributed by atoms with van der Waals surface area (Å²) in [7, 11) is -3.61. The number of amides is 1. The average molecular weight is 481 g/mol. The van der Waals surface area contributed by atoms with Gasteiger partial charge < -0.3 is 9.42 Å². The maximum atomic E-state index is 12.5. The van der Waals surface area contributed by atoms with E-state index in [2.05, 4.69) is 14.9 Å². The Hall–Kier alpha value is -3.50. The third kappa shape index (κ3) is 4.39. The number of thiophene rings is 1. The fourth-order valence-electron chi connectivity index (χ4n) is 3.67. The van der Waals surface area contributed by atoms with E-state index in [9.17, 15) is 13.2 Å². The lowest BCUT2D eigenvalue weighted by atomic mass is 10.1. The van der Waals surface area contributed by atoms with Gasteiger partial charge >= 0.3 is 0 Å². The molecule has 4 aromatic rings. The van der Waals surface area contributed by atoms with E-state index in [1.165, 1.54) is 0 Å². The van der Waals surface area contributed by atoms with Crippen molar-refractivity contribution >= 4 is 38.6 Å². The molecule has 3 heterocycles. The van der Waals surface area contributed by atoms with Crippen LogP contribution >= 0.6 is 11.3 Å². The number of hydrogen-bond acceptors (Lipinski definition) is 7. The third-order valence-corrected chi connectivity index (χ3v) is 8.20. The molecule has 0 saturated carbocycles. The van der Waals surface area contributed by atoms with Crippen LogP contribution in [-0.4, -0.2) is 31.0 Å². The molecule has 0 aliphatic carbocycles. The third-order valence-electron chi connectivity index (χ3n) is 5.42. The van der Waals surface area contributed by atoms with Gasteiger partial charge in [-0.25, -0.2) is 8.42 Å². The van der Waals surface area contributed by atoms with E-state index in [0.717, 1.165) is 22.6 Å². The Kier molecular flexibility index (Phi) is 5.47. The number of sulfonamides is 1. The Morgan fingerprint density at radius 2 is 1.85 bits per heavy atom. The topological polar surface area (TPSA) is 105 Å². The molecule has 168 valence electrons. The quantitative estimate of drug-likeness (QED) is 0.438. The summed E-state index contributed by atoms with van der Waals surface area (Å²) in [6.07, 6.45) is 0.305. The van der Waals surface area contributed by atoms with Gasteiger partial charge in [0.25, 0.3) is 10.0 Å². The largest absolute Gasteiger partial charge is 0.339 e. The van der Waals surface area contributed by atoms with Crippen molar-refractivity contribution in [2.24, 2.45) is 0 Å². The van der Waals surface area contributed by atoms with Crippen LogP contribution in [0.5, 0.6) is 0 Å². The Morgan fingerprint density at radius 1 is 1.09 bits per heavy atom. The molecule has 0 spiro atoms. The first-order valence-electron chi connectivity index (χ1n) is 10.3. The molecule has 1 atom stereocenters. The fourth-order valence-corrected chi connectivity index (χ4v) is 5.73. The molecule has 1 unspecified atom stereocenters. The second-order valence-corrected chi connectivity index (χ2v) is 10.7. The van der Waals surface area contributed by atoms with Crippen LogP contribution in [0, 0.1) is 6.92 Å². The van der Waals surface area contributed by atoms with E-state index >= 15 is 0 Å². The molecule has 1 N–H and O–H groups in total. The van der Waals surface area contributed by atoms with Crippen molar-refractivity contribution in [3.8, 4) is 11.4 Å². The first kappa shape index (κ1) is 21.4. The maximum absolute atomic E-state index is 12.5. The maximum Gasteiger partial charge on any atom is 0.271 e. The number of anilines is 2. The summed E-state index contributed by atoms with van der Waals surface area (Å²) >= 11 is 1.15. The van der Waals surface area contributed by atoms with Gasteiger partial charge in [0.1, 0.15) is 4.21 Å². The predicted molar refractivity (Wildman–Crippen MR) is 126 cm³/mol. The standard InChI is InChI=1S/C23H20N4O4S2/c1-15-4-10-19(11-5-15)27-14-17(13-20(27)28)23-24-22(25-31-23)16-6-8-18(9-7-16)26-33(29,30)21-3-2-12-32-21/h2-12,17,26H,13-14H2,1H3. The molecule has 0 bridgehead atoms. The van der Waals surface area contributed by atoms with Crippen LogP contribution in [0.4, 0.5) is 11.4 Å². The normalized spacial score (nSPS) is 16.3. The van der Waals surface area contributed by atoms with Crippen molar-refractivity contribution in [3.63, 3.8) is 0 Å². The number of nitrogens with one attached hydrogen (secondary N) is 1. The van der Waals surface area contributed by atoms with E-state index in [4.69, 9.17) is 4.52 Å². The Balaban J connectivity index is 1.29. The van der Waals surface area contributed by atoms with Crippen LogP contribution in [0.1, 0.15) is 23.8 Å². The number of carbonyl (C=O) groups excluding carboxylic acids is 1. The van der Waals surface area contributed by atoms with Crippen LogP contribution in [0.15, 0.2) is 74.8 Å². The smallest absolute Gasteiger partial charge is 0.271 e. The van der Waals surface area contributed by atoms with Gasteiger partial charge in [-0.15, -0.1) is 11.3 Å². The minimum atomic E-state index is -3.61. The van der Waals surface area contributed by atoms with Crippen LogP contribution in [0.3, 0.4) is 0 Å². The highest BCUT2D eigenvalue weighted by molar-refractivity contribution is 7.94. The molecular formula is C23H20N4O4S2. The molecule has 2 aromatic heterocycles. The van der Waals surface area contributed by atoms with Gasteiger partial charge in [0.05, 0.1) is 5.92 Å². The molecule has 1 aliphatic heterocycles. The Labute approximate surface area is 194 Å². The minimum Gasteiger partial charge on any atom is -0.339 e. The summed E-state index contributed by atoms with van der Waals surface area (Å²) in [6.45, 7) is 2.48. The molecule has 1 fully saturated rings. The summed E-state index contributed by atoms with van der Waals surface area (Å²) in [5, 5.41) is 5.77. The summed E-state index contributed by atoms with van der Waals surface area (Å²) in [5.41, 5.74) is 3.11. The monoisotopic (exact) mass is 480 g/mol. The van der Waals surface area contributed by atoms with E-state index in [0.29, 0.717) is 35.9 Å². The molecular weight excluding hydrogens is 460 g/mol. The summed E-state index contributed by atoms with van der Waals surface area (Å²) in [6, 6.07) is 17.8. The van der Waals surface area contributed by atoms with Gasteiger partial charge in [-0.1, -0.05) is 28.9 Å². The number of benzene rings is 2. The van der Waals surface area contributed by atoms with Gasteiger partial charge in [0, 0.05) is 29.9 Å². The van der Waals surface area contributed by atoms with E-state index in [-0.39, 0.29) is 16.0 Å². The van der Waals surface area contributed by atoms with Crippen molar-refractivity contribution < 1.29 is 17.7 Å². The highest BCUT2D eigenvalue weighted by Crippen LogP contribution is 2.32. The lowest BCUT2D eigenvalue weighted by molar-refractivity contribution is -0.117. The molecule has 1 amide bonds. The lowest BCUT2D eigenvalue weighted by Gasteiger charge is -2.16. The van der Waals surface area contributed by atoms with Crippen LogP contribution < -0.4 is 9.62 Å². The average Bonchev–Trinajstić information content (AvgIpc) is 3.56. The van der Waals surface area contributed by atoms with E-state index < -0.39 is 10.0 Å². The zero-order chi connectivity index (χ0) is 23.0. The summed E-state index contributed by atoms with van der Waals surface area (Å²) in [4.78, 5) is 18.8. The van der Waals surface area contributed by atoms with Gasteiger partial charge in [-0.2, -0.15) is 4.98 Å². The van der Waals surface area contributed by atoms with Gasteiger partial charge in [-0.3, -0.25) is 9.52 Å². The van der Waals surface area contributed by atoms with Crippen LogP contribution in [0.25, 0.3) is 11.4 Å². The number of aryl methyl sites for hydroxylation is 1. The second kappa shape index (κ2) is 8.45. The molecule has 33 heavy (non-hydrogen) atoms. The number of carbonyl (C=O) groups is 1. The SMILES string of the molecule is Cc1ccc(N2CC(c3nc(-c4ccc(NS(=O)(=O)c5cccs5)cc4)no3)CC2=O)cc1. The molecule has 5 rings (SSSR count).